The highest BCUT2D eigenvalue weighted by molar-refractivity contribution is 6.05. The zero-order chi connectivity index (χ0) is 16.4. The summed E-state index contributed by atoms with van der Waals surface area (Å²) in [5, 5.41) is 19.7. The van der Waals surface area contributed by atoms with Crippen molar-refractivity contribution in [1.82, 2.24) is 4.90 Å². The largest absolute Gasteiger partial charge is 0.481 e. The summed E-state index contributed by atoms with van der Waals surface area (Å²) >= 11 is 0. The molecule has 0 aromatic rings. The Morgan fingerprint density at radius 1 is 1.45 bits per heavy atom. The topological polar surface area (TPSA) is 144 Å². The minimum atomic E-state index is -1.07. The first-order valence-corrected chi connectivity index (χ1v) is 6.40. The Kier molecular flexibility index (Phi) is 4.06. The molecule has 1 aliphatic heterocycles. The number of amides is 1. The van der Waals surface area contributed by atoms with Crippen molar-refractivity contribution in [2.45, 2.75) is 18.9 Å². The first-order valence-electron chi connectivity index (χ1n) is 6.40. The summed E-state index contributed by atoms with van der Waals surface area (Å²) in [6.07, 6.45) is 3.73. The smallest absolute Gasteiger partial charge is 0.321 e. The Balaban J connectivity index is 2.30. The number of carbonyl (C=O) groups excluding carboxylic acids is 2. The SMILES string of the molecule is NC(=O)C(CCC(=O)O)N1C=C2C=CC(=O)C([N+](=O)[O-])=C2C1. The fraction of sp³-hybridized carbons (Fsp3) is 0.308. The molecule has 116 valence electrons. The maximum absolute atomic E-state index is 11.6. The highest BCUT2D eigenvalue weighted by Crippen LogP contribution is 2.31. The number of carboxylic acids is 1. The molecule has 22 heavy (non-hydrogen) atoms. The van der Waals surface area contributed by atoms with Crippen molar-refractivity contribution in [3.63, 3.8) is 0 Å². The van der Waals surface area contributed by atoms with Gasteiger partial charge >= 0.3 is 11.7 Å². The molecule has 2 rings (SSSR count). The van der Waals surface area contributed by atoms with Gasteiger partial charge in [-0.05, 0) is 18.6 Å². The Morgan fingerprint density at radius 2 is 2.14 bits per heavy atom. The van der Waals surface area contributed by atoms with Crippen molar-refractivity contribution >= 4 is 17.7 Å². The number of carboxylic acid groups (broad SMARTS) is 1. The summed E-state index contributed by atoms with van der Waals surface area (Å²) in [6.45, 7) is -0.0328. The van der Waals surface area contributed by atoms with Crippen LogP contribution < -0.4 is 5.73 Å². The second-order valence-electron chi connectivity index (χ2n) is 4.89. The normalized spacial score (nSPS) is 18.1. The second-order valence-corrected chi connectivity index (χ2v) is 4.89. The molecule has 0 saturated carbocycles. The molecule has 0 fully saturated rings. The van der Waals surface area contributed by atoms with Crippen molar-refractivity contribution in [2.75, 3.05) is 6.54 Å². The van der Waals surface area contributed by atoms with E-state index < -0.39 is 34.3 Å². The number of nitro groups is 1. The Bertz CT molecular complexity index is 661. The summed E-state index contributed by atoms with van der Waals surface area (Å²) in [5.41, 5.74) is 5.41. The van der Waals surface area contributed by atoms with Crippen LogP contribution in [0.2, 0.25) is 0 Å². The number of hydrogen-bond donors (Lipinski definition) is 2. The van der Waals surface area contributed by atoms with Crippen LogP contribution in [0.5, 0.6) is 0 Å². The van der Waals surface area contributed by atoms with Crippen LogP contribution in [0.1, 0.15) is 12.8 Å². The quantitative estimate of drug-likeness (QED) is 0.500. The van der Waals surface area contributed by atoms with Crippen LogP contribution in [0.25, 0.3) is 0 Å². The lowest BCUT2D eigenvalue weighted by Gasteiger charge is -2.24. The highest BCUT2D eigenvalue weighted by Gasteiger charge is 2.37. The number of aliphatic carboxylic acids is 1. The van der Waals surface area contributed by atoms with Gasteiger partial charge in [-0.15, -0.1) is 0 Å². The molecule has 0 spiro atoms. The van der Waals surface area contributed by atoms with Crippen LogP contribution >= 0.6 is 0 Å². The summed E-state index contributed by atoms with van der Waals surface area (Å²) in [5.74, 6) is -2.51. The van der Waals surface area contributed by atoms with Gasteiger partial charge in [0.15, 0.2) is 0 Å². The van der Waals surface area contributed by atoms with Gasteiger partial charge in [-0.25, -0.2) is 0 Å². The van der Waals surface area contributed by atoms with Gasteiger partial charge in [0.05, 0.1) is 17.0 Å². The lowest BCUT2D eigenvalue weighted by Crippen LogP contribution is -2.41. The molecule has 1 atom stereocenters. The number of primary amides is 1. The molecule has 0 aromatic heterocycles. The predicted octanol–water partition coefficient (Wildman–Crippen LogP) is -0.426. The molecule has 0 bridgehead atoms. The summed E-state index contributed by atoms with van der Waals surface area (Å²) in [4.78, 5) is 45.4. The Hall–Kier alpha value is -2.97. The van der Waals surface area contributed by atoms with Crippen LogP contribution in [0.4, 0.5) is 0 Å². The van der Waals surface area contributed by atoms with Crippen LogP contribution in [0.3, 0.4) is 0 Å². The number of nitrogens with zero attached hydrogens (tertiary/aromatic N) is 2. The lowest BCUT2D eigenvalue weighted by molar-refractivity contribution is -0.419. The first-order chi connectivity index (χ1) is 10.3. The lowest BCUT2D eigenvalue weighted by atomic mass is 9.99. The number of ketones is 1. The molecule has 0 saturated heterocycles. The van der Waals surface area contributed by atoms with Gasteiger partial charge < -0.3 is 15.7 Å². The minimum absolute atomic E-state index is 0.0206. The molecule has 1 aliphatic carbocycles. The van der Waals surface area contributed by atoms with E-state index in [1.165, 1.54) is 17.2 Å². The Morgan fingerprint density at radius 3 is 2.68 bits per heavy atom. The van der Waals surface area contributed by atoms with E-state index >= 15 is 0 Å². The summed E-state index contributed by atoms with van der Waals surface area (Å²) in [6, 6.07) is -0.904. The van der Waals surface area contributed by atoms with E-state index in [-0.39, 0.29) is 25.0 Å². The average molecular weight is 307 g/mol. The van der Waals surface area contributed by atoms with E-state index in [4.69, 9.17) is 10.8 Å². The van der Waals surface area contributed by atoms with E-state index in [9.17, 15) is 24.5 Å². The second kappa shape index (κ2) is 5.80. The van der Waals surface area contributed by atoms with Crippen molar-refractivity contribution in [1.29, 1.82) is 0 Å². The summed E-state index contributed by atoms with van der Waals surface area (Å²) in [7, 11) is 0. The molecule has 0 aromatic carbocycles. The van der Waals surface area contributed by atoms with Gasteiger partial charge in [-0.1, -0.05) is 0 Å². The molecule has 9 heteroatoms. The molecule has 1 amide bonds. The molecule has 0 radical (unpaired) electrons. The van der Waals surface area contributed by atoms with Gasteiger partial charge in [0.1, 0.15) is 6.04 Å². The van der Waals surface area contributed by atoms with Gasteiger partial charge in [-0.3, -0.25) is 24.5 Å². The summed E-state index contributed by atoms with van der Waals surface area (Å²) < 4.78 is 0. The molecule has 1 heterocycles. The number of allylic oxidation sites excluding steroid dienone is 2. The fourth-order valence-electron chi connectivity index (χ4n) is 2.46. The molecule has 3 N–H and O–H groups in total. The van der Waals surface area contributed by atoms with Crippen LogP contribution in [-0.2, 0) is 14.4 Å². The van der Waals surface area contributed by atoms with Crippen molar-refractivity contribution < 1.29 is 24.4 Å². The van der Waals surface area contributed by atoms with E-state index in [0.717, 1.165) is 6.08 Å². The number of fused-ring (bicyclic) bond motifs is 1. The third-order valence-electron chi connectivity index (χ3n) is 3.47. The predicted molar refractivity (Wildman–Crippen MR) is 72.8 cm³/mol. The third-order valence-corrected chi connectivity index (χ3v) is 3.47. The number of nitrogens with two attached hydrogens (primary N) is 1. The standard InChI is InChI=1S/C13H13N3O6/c14-13(20)9(2-4-11(18)19)15-5-7-1-3-10(17)12(16(21)22)8(7)6-15/h1,3,5,9H,2,4,6H2,(H2,14,20)(H,18,19). The molecular weight excluding hydrogens is 294 g/mol. The van der Waals surface area contributed by atoms with Crippen molar-refractivity contribution in [3.05, 3.63) is 45.3 Å². The van der Waals surface area contributed by atoms with Gasteiger partial charge in [0, 0.05) is 18.2 Å². The van der Waals surface area contributed by atoms with Crippen molar-refractivity contribution in [3.8, 4) is 0 Å². The zero-order valence-electron chi connectivity index (χ0n) is 11.4. The minimum Gasteiger partial charge on any atom is -0.481 e. The van der Waals surface area contributed by atoms with Crippen LogP contribution in [0, 0.1) is 10.1 Å². The molecule has 9 nitrogen and oxygen atoms in total. The van der Waals surface area contributed by atoms with Crippen LogP contribution in [0.15, 0.2) is 35.2 Å². The monoisotopic (exact) mass is 307 g/mol. The number of rotatable bonds is 6. The van der Waals surface area contributed by atoms with Crippen molar-refractivity contribution in [2.24, 2.45) is 5.73 Å². The van der Waals surface area contributed by atoms with Crippen LogP contribution in [-0.4, -0.2) is 45.2 Å². The van der Waals surface area contributed by atoms with E-state index in [1.54, 1.807) is 0 Å². The van der Waals surface area contributed by atoms with E-state index in [2.05, 4.69) is 0 Å². The van der Waals surface area contributed by atoms with E-state index in [1.807, 2.05) is 0 Å². The van der Waals surface area contributed by atoms with Gasteiger partial charge in [0.25, 0.3) is 5.78 Å². The first kappa shape index (κ1) is 15.4. The number of carbonyl (C=O) groups is 3. The van der Waals surface area contributed by atoms with Gasteiger partial charge in [0.2, 0.25) is 5.91 Å². The Labute approximate surface area is 124 Å². The molecule has 1 unspecified atom stereocenters. The number of hydrogen-bond acceptors (Lipinski definition) is 6. The zero-order valence-corrected chi connectivity index (χ0v) is 11.4. The fourth-order valence-corrected chi connectivity index (χ4v) is 2.46. The molecular formula is C13H13N3O6. The van der Waals surface area contributed by atoms with E-state index in [0.29, 0.717) is 5.57 Å². The average Bonchev–Trinajstić information content (AvgIpc) is 2.80. The maximum Gasteiger partial charge on any atom is 0.321 e. The molecule has 2 aliphatic rings. The maximum atomic E-state index is 11.6. The van der Waals surface area contributed by atoms with Gasteiger partial charge in [-0.2, -0.15) is 0 Å². The highest BCUT2D eigenvalue weighted by atomic mass is 16.6. The third kappa shape index (κ3) is 2.87.